The van der Waals surface area contributed by atoms with E-state index in [0.29, 0.717) is 18.8 Å². The van der Waals surface area contributed by atoms with Gasteiger partial charge in [-0.25, -0.2) is 0 Å². The van der Waals surface area contributed by atoms with Gasteiger partial charge in [-0.05, 0) is 37.0 Å². The molecule has 0 unspecified atom stereocenters. The molecule has 0 amide bonds. The second-order valence-corrected chi connectivity index (χ2v) is 9.34. The van der Waals surface area contributed by atoms with E-state index < -0.39 is 23.7 Å². The quantitative estimate of drug-likeness (QED) is 0.651. The number of rotatable bonds is 1. The fourth-order valence-electron chi connectivity index (χ4n) is 6.24. The predicted molar refractivity (Wildman–Crippen MR) is 91.7 cm³/mol. The maximum atomic E-state index is 11.0. The molecule has 0 spiro atoms. The first kappa shape index (κ1) is 17.2. The molecule has 0 aliphatic heterocycles. The lowest BCUT2D eigenvalue weighted by Gasteiger charge is -2.63. The van der Waals surface area contributed by atoms with Crippen LogP contribution in [0.3, 0.4) is 0 Å². The second-order valence-electron chi connectivity index (χ2n) is 9.34. The van der Waals surface area contributed by atoms with E-state index >= 15 is 0 Å². The second kappa shape index (κ2) is 5.18. The molecule has 3 N–H and O–H groups in total. The van der Waals surface area contributed by atoms with Gasteiger partial charge >= 0.3 is 0 Å². The zero-order valence-corrected chi connectivity index (χ0v) is 14.9. The van der Waals surface area contributed by atoms with Gasteiger partial charge in [0.1, 0.15) is 0 Å². The molecule has 3 aliphatic carbocycles. The minimum atomic E-state index is -0.781. The molecule has 0 aromatic heterocycles. The molecule has 3 nitrogen and oxygen atoms in total. The van der Waals surface area contributed by atoms with E-state index in [1.165, 1.54) is 5.57 Å². The Kier molecular flexibility index (Phi) is 3.87. The van der Waals surface area contributed by atoms with E-state index in [0.717, 1.165) is 12.8 Å². The maximum absolute atomic E-state index is 11.0. The average Bonchev–Trinajstić information content (AvgIpc) is 2.43. The summed E-state index contributed by atoms with van der Waals surface area (Å²) in [5.41, 5.74) is 0.557. The molecule has 7 atom stereocenters. The van der Waals surface area contributed by atoms with Crippen LogP contribution in [0.5, 0.6) is 0 Å². The van der Waals surface area contributed by atoms with Crippen molar-refractivity contribution in [1.29, 1.82) is 0 Å². The van der Waals surface area contributed by atoms with Gasteiger partial charge in [0.2, 0.25) is 0 Å². The molecule has 3 heteroatoms. The number of aliphatic hydroxyl groups is 3. The van der Waals surface area contributed by atoms with Gasteiger partial charge in [-0.2, -0.15) is 0 Å². The Morgan fingerprint density at radius 1 is 1.09 bits per heavy atom. The highest BCUT2D eigenvalue weighted by Gasteiger charge is 2.62. The topological polar surface area (TPSA) is 60.7 Å². The minimum Gasteiger partial charge on any atom is -0.392 e. The summed E-state index contributed by atoms with van der Waals surface area (Å²) in [5.74, 6) is 0.233. The summed E-state index contributed by atoms with van der Waals surface area (Å²) >= 11 is 0. The third kappa shape index (κ3) is 2.35. The molecule has 0 saturated heterocycles. The zero-order valence-electron chi connectivity index (χ0n) is 14.9. The standard InChI is InChI=1S/C20H32O3/c1-6-19(4)9-12-7-8-15-18(2,3)10-14(22)17(23)20(15,5)16(12)13(21)11-19/h6,9,13-17,21-23H,1,7-8,10-11H2,2-5H3/t13-,14+,15+,16-,17+,19-,20+/m1/s1. The summed E-state index contributed by atoms with van der Waals surface area (Å²) in [4.78, 5) is 0. The summed E-state index contributed by atoms with van der Waals surface area (Å²) in [6.45, 7) is 12.5. The highest BCUT2D eigenvalue weighted by atomic mass is 16.3. The van der Waals surface area contributed by atoms with Crippen molar-refractivity contribution in [2.24, 2.45) is 28.1 Å². The lowest BCUT2D eigenvalue weighted by atomic mass is 9.43. The lowest BCUT2D eigenvalue weighted by Crippen LogP contribution is -2.64. The number of fused-ring (bicyclic) bond motifs is 3. The van der Waals surface area contributed by atoms with Gasteiger partial charge in [0.15, 0.2) is 0 Å². The van der Waals surface area contributed by atoms with Gasteiger partial charge in [0.25, 0.3) is 0 Å². The Bertz CT molecular complexity index is 537. The SMILES string of the molecule is C=C[C@]1(C)C=C2CC[C@H]3C(C)(C)C[C@H](O)[C@H](O)[C@]3(C)[C@H]2[C@H](O)C1. The van der Waals surface area contributed by atoms with Gasteiger partial charge in [0.05, 0.1) is 18.3 Å². The summed E-state index contributed by atoms with van der Waals surface area (Å²) in [6.07, 6.45) is 5.43. The van der Waals surface area contributed by atoms with Crippen LogP contribution in [-0.2, 0) is 0 Å². The molecule has 2 saturated carbocycles. The molecular formula is C20H32O3. The number of allylic oxidation sites excluding steroid dienone is 2. The van der Waals surface area contributed by atoms with Gasteiger partial charge in [-0.3, -0.25) is 0 Å². The third-order valence-corrected chi connectivity index (χ3v) is 7.24. The van der Waals surface area contributed by atoms with Gasteiger partial charge < -0.3 is 15.3 Å². The van der Waals surface area contributed by atoms with Crippen LogP contribution >= 0.6 is 0 Å². The molecule has 130 valence electrons. The van der Waals surface area contributed by atoms with Gasteiger partial charge in [0, 0.05) is 16.7 Å². The molecule has 0 aromatic rings. The van der Waals surface area contributed by atoms with E-state index in [4.69, 9.17) is 0 Å². The molecular weight excluding hydrogens is 288 g/mol. The van der Waals surface area contributed by atoms with E-state index in [9.17, 15) is 15.3 Å². The highest BCUT2D eigenvalue weighted by molar-refractivity contribution is 5.29. The molecule has 3 aliphatic rings. The van der Waals surface area contributed by atoms with E-state index in [1.807, 2.05) is 6.08 Å². The number of aliphatic hydroxyl groups excluding tert-OH is 3. The first-order chi connectivity index (χ1) is 10.5. The third-order valence-electron chi connectivity index (χ3n) is 7.24. The van der Waals surface area contributed by atoms with E-state index in [2.05, 4.69) is 40.3 Å². The Morgan fingerprint density at radius 3 is 2.35 bits per heavy atom. The van der Waals surface area contributed by atoms with Crippen LogP contribution in [0.15, 0.2) is 24.3 Å². The zero-order chi connectivity index (χ0) is 17.2. The first-order valence-electron chi connectivity index (χ1n) is 8.94. The van der Waals surface area contributed by atoms with Crippen molar-refractivity contribution in [2.75, 3.05) is 0 Å². The van der Waals surface area contributed by atoms with Crippen molar-refractivity contribution >= 4 is 0 Å². The maximum Gasteiger partial charge on any atom is 0.0862 e. The van der Waals surface area contributed by atoms with Crippen LogP contribution in [0.25, 0.3) is 0 Å². The molecule has 2 fully saturated rings. The fraction of sp³-hybridized carbons (Fsp3) is 0.800. The predicted octanol–water partition coefficient (Wildman–Crippen LogP) is 3.05. The van der Waals surface area contributed by atoms with Crippen LogP contribution in [0, 0.1) is 28.1 Å². The monoisotopic (exact) mass is 320 g/mol. The molecule has 3 rings (SSSR count). The number of hydrogen-bond donors (Lipinski definition) is 3. The largest absolute Gasteiger partial charge is 0.392 e. The van der Waals surface area contributed by atoms with Crippen LogP contribution in [-0.4, -0.2) is 33.6 Å². The van der Waals surface area contributed by atoms with Crippen molar-refractivity contribution in [3.05, 3.63) is 24.3 Å². The Balaban J connectivity index is 2.10. The molecule has 0 heterocycles. The Morgan fingerprint density at radius 2 is 1.74 bits per heavy atom. The Labute approximate surface area is 140 Å². The van der Waals surface area contributed by atoms with Crippen LogP contribution in [0.2, 0.25) is 0 Å². The first-order valence-corrected chi connectivity index (χ1v) is 8.94. The number of hydrogen-bond acceptors (Lipinski definition) is 3. The summed E-state index contributed by atoms with van der Waals surface area (Å²) in [6, 6.07) is 0. The van der Waals surface area contributed by atoms with Crippen molar-refractivity contribution in [3.8, 4) is 0 Å². The fourth-order valence-corrected chi connectivity index (χ4v) is 6.24. The lowest BCUT2D eigenvalue weighted by molar-refractivity contribution is -0.205. The minimum absolute atomic E-state index is 0.0299. The highest BCUT2D eigenvalue weighted by Crippen LogP contribution is 2.63. The normalized spacial score (nSPS) is 52.1. The smallest absolute Gasteiger partial charge is 0.0862 e. The van der Waals surface area contributed by atoms with Crippen molar-refractivity contribution < 1.29 is 15.3 Å². The summed E-state index contributed by atoms with van der Waals surface area (Å²) in [7, 11) is 0. The van der Waals surface area contributed by atoms with Crippen LogP contribution in [0.1, 0.15) is 53.4 Å². The molecule has 0 radical (unpaired) electrons. The van der Waals surface area contributed by atoms with Crippen molar-refractivity contribution in [1.82, 2.24) is 0 Å². The van der Waals surface area contributed by atoms with Gasteiger partial charge in [-0.1, -0.05) is 45.4 Å². The van der Waals surface area contributed by atoms with Crippen LogP contribution in [0.4, 0.5) is 0 Å². The Hall–Kier alpha value is -0.640. The summed E-state index contributed by atoms with van der Waals surface area (Å²) in [5, 5.41) is 32.3. The summed E-state index contributed by atoms with van der Waals surface area (Å²) < 4.78 is 0. The average molecular weight is 320 g/mol. The molecule has 0 bridgehead atoms. The van der Waals surface area contributed by atoms with E-state index in [1.54, 1.807) is 0 Å². The van der Waals surface area contributed by atoms with Gasteiger partial charge in [-0.15, -0.1) is 6.58 Å². The van der Waals surface area contributed by atoms with Crippen LogP contribution < -0.4 is 0 Å². The molecule has 23 heavy (non-hydrogen) atoms. The van der Waals surface area contributed by atoms with E-state index in [-0.39, 0.29) is 16.7 Å². The van der Waals surface area contributed by atoms with Crippen molar-refractivity contribution in [3.63, 3.8) is 0 Å². The molecule has 0 aromatic carbocycles. The van der Waals surface area contributed by atoms with Crippen molar-refractivity contribution in [2.45, 2.75) is 71.7 Å².